The topological polar surface area (TPSA) is 37.0 Å². The van der Waals surface area contributed by atoms with Crippen molar-refractivity contribution in [1.29, 1.82) is 0 Å². The molecule has 0 amide bonds. The summed E-state index contributed by atoms with van der Waals surface area (Å²) in [6, 6.07) is 1.45. The normalized spacial score (nSPS) is 30.8. The molecule has 1 aromatic rings. The summed E-state index contributed by atoms with van der Waals surface area (Å²) < 4.78 is 0. The molecule has 0 aromatic carbocycles. The molecule has 3 atom stereocenters. The third kappa shape index (κ3) is 3.41. The van der Waals surface area contributed by atoms with Gasteiger partial charge >= 0.3 is 0 Å². The fourth-order valence-corrected chi connectivity index (χ4v) is 4.60. The van der Waals surface area contributed by atoms with Crippen LogP contribution < -0.4 is 10.6 Å². The second kappa shape index (κ2) is 7.01. The van der Waals surface area contributed by atoms with Crippen LogP contribution in [0.15, 0.2) is 6.20 Å². The molecule has 3 unspecified atom stereocenters. The van der Waals surface area contributed by atoms with Crippen LogP contribution in [-0.2, 0) is 13.0 Å². The van der Waals surface area contributed by atoms with Crippen molar-refractivity contribution in [2.75, 3.05) is 6.54 Å². The highest BCUT2D eigenvalue weighted by Gasteiger charge is 2.32. The van der Waals surface area contributed by atoms with Crippen LogP contribution >= 0.6 is 11.3 Å². The van der Waals surface area contributed by atoms with Crippen LogP contribution in [0.25, 0.3) is 0 Å². The van der Waals surface area contributed by atoms with Crippen molar-refractivity contribution in [3.8, 4) is 0 Å². The molecule has 3 rings (SSSR count). The fourth-order valence-electron chi connectivity index (χ4n) is 3.78. The first-order valence-electron chi connectivity index (χ1n) is 8.27. The zero-order valence-corrected chi connectivity index (χ0v) is 13.3. The van der Waals surface area contributed by atoms with Gasteiger partial charge in [-0.3, -0.25) is 0 Å². The highest BCUT2D eigenvalue weighted by atomic mass is 32.1. The van der Waals surface area contributed by atoms with Crippen molar-refractivity contribution in [2.45, 2.75) is 70.5 Å². The average molecular weight is 293 g/mol. The number of thiazole rings is 1. The number of aromatic nitrogens is 1. The summed E-state index contributed by atoms with van der Waals surface area (Å²) in [6.45, 7) is 4.38. The lowest BCUT2D eigenvalue weighted by Crippen LogP contribution is -2.46. The maximum atomic E-state index is 4.53. The highest BCUT2D eigenvalue weighted by molar-refractivity contribution is 7.11. The molecule has 2 fully saturated rings. The number of hydrogen-bond acceptors (Lipinski definition) is 4. The highest BCUT2D eigenvalue weighted by Crippen LogP contribution is 2.31. The lowest BCUT2D eigenvalue weighted by atomic mass is 9.79. The lowest BCUT2D eigenvalue weighted by Gasteiger charge is -2.36. The molecule has 2 N–H and O–H groups in total. The smallest absolute Gasteiger partial charge is 0.107 e. The Morgan fingerprint density at radius 3 is 2.95 bits per heavy atom. The van der Waals surface area contributed by atoms with Crippen LogP contribution in [0.4, 0.5) is 0 Å². The predicted octanol–water partition coefficient (Wildman–Crippen LogP) is 3.11. The molecule has 1 saturated heterocycles. The Bertz CT molecular complexity index is 412. The first kappa shape index (κ1) is 14.5. The van der Waals surface area contributed by atoms with E-state index < -0.39 is 0 Å². The monoisotopic (exact) mass is 293 g/mol. The maximum Gasteiger partial charge on any atom is 0.107 e. The van der Waals surface area contributed by atoms with E-state index in [1.807, 2.05) is 17.5 Å². The number of rotatable bonds is 5. The molecule has 20 heavy (non-hydrogen) atoms. The van der Waals surface area contributed by atoms with Crippen LogP contribution in [0.2, 0.25) is 0 Å². The van der Waals surface area contributed by atoms with Crippen LogP contribution in [-0.4, -0.2) is 23.6 Å². The van der Waals surface area contributed by atoms with E-state index in [1.165, 1.54) is 55.0 Å². The Morgan fingerprint density at radius 1 is 1.30 bits per heavy atom. The minimum absolute atomic E-state index is 0.688. The van der Waals surface area contributed by atoms with E-state index in [0.29, 0.717) is 6.04 Å². The Balaban J connectivity index is 1.56. The van der Waals surface area contributed by atoms with Gasteiger partial charge in [0.05, 0.1) is 0 Å². The van der Waals surface area contributed by atoms with E-state index >= 15 is 0 Å². The van der Waals surface area contributed by atoms with Crippen molar-refractivity contribution in [1.82, 2.24) is 15.6 Å². The average Bonchev–Trinajstić information content (AvgIpc) is 3.17. The summed E-state index contributed by atoms with van der Waals surface area (Å²) >= 11 is 1.87. The molecule has 112 valence electrons. The number of nitrogens with one attached hydrogen (secondary N) is 2. The predicted molar refractivity (Wildman–Crippen MR) is 85.1 cm³/mol. The van der Waals surface area contributed by atoms with Crippen LogP contribution in [0, 0.1) is 5.92 Å². The molecule has 1 aliphatic heterocycles. The molecule has 1 saturated carbocycles. The van der Waals surface area contributed by atoms with Gasteiger partial charge in [-0.2, -0.15) is 0 Å². The molecule has 0 bridgehead atoms. The Morgan fingerprint density at radius 2 is 2.20 bits per heavy atom. The molecule has 0 spiro atoms. The van der Waals surface area contributed by atoms with Crippen LogP contribution in [0.1, 0.15) is 55.3 Å². The SMILES string of the molecule is CCc1cnc(CNC2CCCCC2C2CCCN2)s1. The molecule has 2 aliphatic rings. The minimum atomic E-state index is 0.688. The summed E-state index contributed by atoms with van der Waals surface area (Å²) in [5.74, 6) is 0.830. The van der Waals surface area contributed by atoms with Crippen molar-refractivity contribution in [3.63, 3.8) is 0 Å². The van der Waals surface area contributed by atoms with Gasteiger partial charge in [0.2, 0.25) is 0 Å². The van der Waals surface area contributed by atoms with Crippen molar-refractivity contribution in [3.05, 3.63) is 16.1 Å². The number of hydrogen-bond donors (Lipinski definition) is 2. The summed E-state index contributed by atoms with van der Waals surface area (Å²) in [4.78, 5) is 5.94. The van der Waals surface area contributed by atoms with Crippen LogP contribution in [0.3, 0.4) is 0 Å². The quantitative estimate of drug-likeness (QED) is 0.876. The second-order valence-corrected chi connectivity index (χ2v) is 7.41. The molecule has 2 heterocycles. The first-order valence-corrected chi connectivity index (χ1v) is 9.09. The summed E-state index contributed by atoms with van der Waals surface area (Å²) in [5.41, 5.74) is 0. The molecule has 4 heteroatoms. The van der Waals surface area contributed by atoms with Crippen molar-refractivity contribution >= 4 is 11.3 Å². The van der Waals surface area contributed by atoms with E-state index in [2.05, 4.69) is 22.5 Å². The van der Waals surface area contributed by atoms with Gasteiger partial charge in [0.1, 0.15) is 5.01 Å². The molecule has 3 nitrogen and oxygen atoms in total. The van der Waals surface area contributed by atoms with Gasteiger partial charge in [0.15, 0.2) is 0 Å². The lowest BCUT2D eigenvalue weighted by molar-refractivity contribution is 0.213. The van der Waals surface area contributed by atoms with Gasteiger partial charge in [-0.05, 0) is 44.6 Å². The Kier molecular flexibility index (Phi) is 5.08. The standard InChI is InChI=1S/C16H27N3S/c1-2-12-10-19-16(20-12)11-18-15-7-4-3-6-13(15)14-8-5-9-17-14/h10,13-15,17-18H,2-9,11H2,1H3. The number of nitrogens with zero attached hydrogens (tertiary/aromatic N) is 1. The third-order valence-corrected chi connectivity index (χ3v) is 6.04. The van der Waals surface area contributed by atoms with Gasteiger partial charge in [-0.1, -0.05) is 19.8 Å². The summed E-state index contributed by atoms with van der Waals surface area (Å²) in [7, 11) is 0. The van der Waals surface area contributed by atoms with Gasteiger partial charge < -0.3 is 10.6 Å². The van der Waals surface area contributed by atoms with E-state index in [0.717, 1.165) is 24.9 Å². The largest absolute Gasteiger partial charge is 0.314 e. The van der Waals surface area contributed by atoms with Gasteiger partial charge in [0.25, 0.3) is 0 Å². The molecular formula is C16H27N3S. The Hall–Kier alpha value is -0.450. The zero-order valence-electron chi connectivity index (χ0n) is 12.5. The second-order valence-electron chi connectivity index (χ2n) is 6.21. The number of aryl methyl sites for hydroxylation is 1. The van der Waals surface area contributed by atoms with E-state index in [-0.39, 0.29) is 0 Å². The van der Waals surface area contributed by atoms with E-state index in [9.17, 15) is 0 Å². The van der Waals surface area contributed by atoms with Gasteiger partial charge in [0, 0.05) is 29.7 Å². The van der Waals surface area contributed by atoms with Crippen molar-refractivity contribution in [2.24, 2.45) is 5.92 Å². The Labute approximate surface area is 126 Å². The maximum absolute atomic E-state index is 4.53. The molecule has 0 radical (unpaired) electrons. The van der Waals surface area contributed by atoms with E-state index in [4.69, 9.17) is 0 Å². The van der Waals surface area contributed by atoms with Crippen molar-refractivity contribution < 1.29 is 0 Å². The van der Waals surface area contributed by atoms with Gasteiger partial charge in [-0.15, -0.1) is 11.3 Å². The van der Waals surface area contributed by atoms with E-state index in [1.54, 1.807) is 0 Å². The summed E-state index contributed by atoms with van der Waals surface area (Å²) in [5, 5.41) is 8.78. The fraction of sp³-hybridized carbons (Fsp3) is 0.812. The molecular weight excluding hydrogens is 266 g/mol. The molecule has 1 aromatic heterocycles. The summed E-state index contributed by atoms with van der Waals surface area (Å²) in [6.07, 6.45) is 11.4. The first-order chi connectivity index (χ1) is 9.86. The van der Waals surface area contributed by atoms with Gasteiger partial charge in [-0.25, -0.2) is 4.98 Å². The zero-order chi connectivity index (χ0) is 13.8. The minimum Gasteiger partial charge on any atom is -0.314 e. The molecule has 1 aliphatic carbocycles. The third-order valence-electron chi connectivity index (χ3n) is 4.90. The van der Waals surface area contributed by atoms with Crippen LogP contribution in [0.5, 0.6) is 0 Å².